The number of hydrogen-bond acceptors (Lipinski definition) is 4. The Morgan fingerprint density at radius 1 is 1.44 bits per heavy atom. The third-order valence-electron chi connectivity index (χ3n) is 2.59. The number of carbonyl (C=O) groups is 1. The third kappa shape index (κ3) is 1.82. The van der Waals surface area contributed by atoms with Gasteiger partial charge in [0.05, 0.1) is 11.2 Å². The highest BCUT2D eigenvalue weighted by atomic mass is 32.1. The minimum Gasteiger partial charge on any atom is -0.397 e. The number of hydrogen-bond donors (Lipinski definition) is 3. The van der Waals surface area contributed by atoms with E-state index in [1.165, 1.54) is 11.3 Å². The van der Waals surface area contributed by atoms with Gasteiger partial charge in [-0.05, 0) is 12.1 Å². The van der Waals surface area contributed by atoms with E-state index in [0.29, 0.717) is 16.5 Å². The fourth-order valence-electron chi connectivity index (χ4n) is 1.75. The van der Waals surface area contributed by atoms with E-state index in [4.69, 9.17) is 5.73 Å². The van der Waals surface area contributed by atoms with Gasteiger partial charge in [-0.25, -0.2) is 4.98 Å². The van der Waals surface area contributed by atoms with Crippen molar-refractivity contribution in [1.29, 1.82) is 0 Å². The molecule has 4 N–H and O–H groups in total. The Balaban J connectivity index is 1.94. The summed E-state index contributed by atoms with van der Waals surface area (Å²) in [5, 5.41) is 6.01. The molecule has 0 aliphatic rings. The first kappa shape index (κ1) is 10.8. The van der Waals surface area contributed by atoms with Gasteiger partial charge in [-0.2, -0.15) is 0 Å². The van der Waals surface area contributed by atoms with Crippen LogP contribution in [0.3, 0.4) is 0 Å². The second-order valence-electron chi connectivity index (χ2n) is 3.79. The van der Waals surface area contributed by atoms with E-state index < -0.39 is 0 Å². The maximum absolute atomic E-state index is 12.0. The molecule has 0 bridgehead atoms. The smallest absolute Gasteiger partial charge is 0.273 e. The Bertz CT molecular complexity index is 702. The lowest BCUT2D eigenvalue weighted by molar-refractivity contribution is 0.102. The molecule has 0 aliphatic carbocycles. The van der Waals surface area contributed by atoms with Crippen molar-refractivity contribution in [2.75, 3.05) is 11.1 Å². The zero-order chi connectivity index (χ0) is 12.5. The molecule has 1 aromatic carbocycles. The highest BCUT2D eigenvalue weighted by molar-refractivity contribution is 7.13. The maximum atomic E-state index is 12.0. The zero-order valence-corrected chi connectivity index (χ0v) is 10.1. The van der Waals surface area contributed by atoms with Crippen molar-refractivity contribution in [3.8, 4) is 0 Å². The molecule has 0 fully saturated rings. The van der Waals surface area contributed by atoms with Crippen molar-refractivity contribution in [1.82, 2.24) is 9.97 Å². The van der Waals surface area contributed by atoms with Gasteiger partial charge in [0.15, 0.2) is 5.13 Å². The number of para-hydroxylation sites is 1. The number of anilines is 2. The molecule has 18 heavy (non-hydrogen) atoms. The molecular formula is C12H10N4OS. The number of aromatic nitrogens is 2. The SMILES string of the molecule is Nc1cccc2cc(C(=O)Nc3nccs3)[nH]c12. The highest BCUT2D eigenvalue weighted by Gasteiger charge is 2.11. The van der Waals surface area contributed by atoms with Crippen LogP contribution in [0.4, 0.5) is 10.8 Å². The second kappa shape index (κ2) is 4.15. The predicted molar refractivity (Wildman–Crippen MR) is 72.8 cm³/mol. The first-order chi connectivity index (χ1) is 8.74. The first-order valence-electron chi connectivity index (χ1n) is 5.32. The van der Waals surface area contributed by atoms with Gasteiger partial charge in [-0.3, -0.25) is 10.1 Å². The first-order valence-corrected chi connectivity index (χ1v) is 6.20. The molecule has 0 spiro atoms. The molecule has 3 rings (SSSR count). The number of thiazole rings is 1. The number of fused-ring (bicyclic) bond motifs is 1. The fourth-order valence-corrected chi connectivity index (χ4v) is 2.28. The normalized spacial score (nSPS) is 10.7. The minimum absolute atomic E-state index is 0.222. The van der Waals surface area contributed by atoms with Crippen LogP contribution in [0.2, 0.25) is 0 Å². The quantitative estimate of drug-likeness (QED) is 0.617. The number of H-pyrrole nitrogens is 1. The molecule has 2 aromatic heterocycles. The summed E-state index contributed by atoms with van der Waals surface area (Å²) >= 11 is 1.37. The Hall–Kier alpha value is -2.34. The molecule has 6 heteroatoms. The van der Waals surface area contributed by atoms with E-state index in [1.54, 1.807) is 23.7 Å². The van der Waals surface area contributed by atoms with Crippen molar-refractivity contribution < 1.29 is 4.79 Å². The van der Waals surface area contributed by atoms with Crippen molar-refractivity contribution in [3.63, 3.8) is 0 Å². The van der Waals surface area contributed by atoms with Crippen LogP contribution >= 0.6 is 11.3 Å². The number of aromatic amines is 1. The van der Waals surface area contributed by atoms with E-state index in [9.17, 15) is 4.79 Å². The molecule has 2 heterocycles. The molecule has 0 radical (unpaired) electrons. The van der Waals surface area contributed by atoms with Gasteiger partial charge in [0.25, 0.3) is 5.91 Å². The summed E-state index contributed by atoms with van der Waals surface area (Å²) < 4.78 is 0. The molecule has 0 unspecified atom stereocenters. The number of benzene rings is 1. The number of rotatable bonds is 2. The highest BCUT2D eigenvalue weighted by Crippen LogP contribution is 2.21. The van der Waals surface area contributed by atoms with Crippen LogP contribution in [0.5, 0.6) is 0 Å². The summed E-state index contributed by atoms with van der Waals surface area (Å²) in [6.45, 7) is 0. The van der Waals surface area contributed by atoms with E-state index in [1.807, 2.05) is 12.1 Å². The number of carbonyl (C=O) groups excluding carboxylic acids is 1. The predicted octanol–water partition coefficient (Wildman–Crippen LogP) is 2.46. The standard InChI is InChI=1S/C12H10N4OS/c13-8-3-1-2-7-6-9(15-10(7)8)11(17)16-12-14-4-5-18-12/h1-6,15H,13H2,(H,14,16,17). The van der Waals surface area contributed by atoms with Crippen molar-refractivity contribution in [2.24, 2.45) is 0 Å². The van der Waals surface area contributed by atoms with E-state index in [2.05, 4.69) is 15.3 Å². The molecule has 0 atom stereocenters. The molecule has 1 amide bonds. The average molecular weight is 258 g/mol. The monoisotopic (exact) mass is 258 g/mol. The van der Waals surface area contributed by atoms with Crippen LogP contribution in [-0.2, 0) is 0 Å². The second-order valence-corrected chi connectivity index (χ2v) is 4.68. The van der Waals surface area contributed by atoms with Gasteiger partial charge >= 0.3 is 0 Å². The molecule has 3 aromatic rings. The van der Waals surface area contributed by atoms with E-state index >= 15 is 0 Å². The third-order valence-corrected chi connectivity index (χ3v) is 3.27. The number of amides is 1. The molecule has 5 nitrogen and oxygen atoms in total. The topological polar surface area (TPSA) is 83.8 Å². The van der Waals surface area contributed by atoms with Gasteiger partial charge in [-0.15, -0.1) is 11.3 Å². The summed E-state index contributed by atoms with van der Waals surface area (Å²) in [5.74, 6) is -0.222. The van der Waals surface area contributed by atoms with Crippen molar-refractivity contribution in [2.45, 2.75) is 0 Å². The Labute approximate surface area is 107 Å². The number of nitrogens with two attached hydrogens (primary N) is 1. The van der Waals surface area contributed by atoms with Crippen LogP contribution in [0.25, 0.3) is 10.9 Å². The lowest BCUT2D eigenvalue weighted by Crippen LogP contribution is -2.11. The van der Waals surface area contributed by atoms with Crippen LogP contribution in [0, 0.1) is 0 Å². The minimum atomic E-state index is -0.222. The number of nitrogens with one attached hydrogen (secondary N) is 2. The van der Waals surface area contributed by atoms with Gasteiger partial charge in [0.2, 0.25) is 0 Å². The summed E-state index contributed by atoms with van der Waals surface area (Å²) in [6.07, 6.45) is 1.64. The van der Waals surface area contributed by atoms with Gasteiger partial charge in [0, 0.05) is 17.0 Å². The van der Waals surface area contributed by atoms with Crippen molar-refractivity contribution in [3.05, 3.63) is 41.5 Å². The number of nitrogen functional groups attached to an aromatic ring is 1. The maximum Gasteiger partial charge on any atom is 0.273 e. The average Bonchev–Trinajstić information content (AvgIpc) is 2.97. The molecule has 0 aliphatic heterocycles. The lowest BCUT2D eigenvalue weighted by atomic mass is 10.2. The summed E-state index contributed by atoms with van der Waals surface area (Å²) in [5.41, 5.74) is 7.71. The van der Waals surface area contributed by atoms with E-state index in [-0.39, 0.29) is 5.91 Å². The zero-order valence-electron chi connectivity index (χ0n) is 9.31. The van der Waals surface area contributed by atoms with Crippen molar-refractivity contribution >= 4 is 39.0 Å². The van der Waals surface area contributed by atoms with Crippen LogP contribution in [0.1, 0.15) is 10.5 Å². The Kier molecular flexibility index (Phi) is 2.49. The Morgan fingerprint density at radius 3 is 3.06 bits per heavy atom. The van der Waals surface area contributed by atoms with Crippen LogP contribution < -0.4 is 11.1 Å². The Morgan fingerprint density at radius 2 is 2.33 bits per heavy atom. The molecule has 0 saturated carbocycles. The van der Waals surface area contributed by atoms with Crippen LogP contribution in [-0.4, -0.2) is 15.9 Å². The summed E-state index contributed by atoms with van der Waals surface area (Å²) in [7, 11) is 0. The molecular weight excluding hydrogens is 248 g/mol. The number of nitrogens with zero attached hydrogens (tertiary/aromatic N) is 1. The van der Waals surface area contributed by atoms with Gasteiger partial charge in [-0.1, -0.05) is 12.1 Å². The lowest BCUT2D eigenvalue weighted by Gasteiger charge is -1.98. The fraction of sp³-hybridized carbons (Fsp3) is 0. The molecule has 0 saturated heterocycles. The van der Waals surface area contributed by atoms with Gasteiger partial charge in [0.1, 0.15) is 5.69 Å². The summed E-state index contributed by atoms with van der Waals surface area (Å²) in [6, 6.07) is 7.33. The van der Waals surface area contributed by atoms with Gasteiger partial charge < -0.3 is 10.7 Å². The summed E-state index contributed by atoms with van der Waals surface area (Å²) in [4.78, 5) is 19.0. The largest absolute Gasteiger partial charge is 0.397 e. The van der Waals surface area contributed by atoms with Crippen LogP contribution in [0.15, 0.2) is 35.8 Å². The van der Waals surface area contributed by atoms with E-state index in [0.717, 1.165) is 10.9 Å². The molecule has 90 valence electrons.